The van der Waals surface area contributed by atoms with Crippen LogP contribution in [-0.2, 0) is 6.54 Å². The molecule has 3 N–H and O–H groups in total. The lowest BCUT2D eigenvalue weighted by Crippen LogP contribution is -2.24. The molecule has 1 heterocycles. The Labute approximate surface area is 88.9 Å². The molecule has 1 amide bonds. The number of nitrogens with two attached hydrogens (primary N) is 1. The number of nitrogens with zero attached hydrogens (tertiary/aromatic N) is 2. The summed E-state index contributed by atoms with van der Waals surface area (Å²) in [5, 5.41) is 13.3. The van der Waals surface area contributed by atoms with Crippen molar-refractivity contribution in [2.45, 2.75) is 27.3 Å². The second-order valence-electron chi connectivity index (χ2n) is 4.51. The van der Waals surface area contributed by atoms with Crippen LogP contribution in [0.5, 0.6) is 0 Å². The SMILES string of the molecule is Cc1nn(CC(C)(C)CO)cc1C(N)=O. The van der Waals surface area contributed by atoms with Crippen molar-refractivity contribution in [1.29, 1.82) is 0 Å². The van der Waals surface area contributed by atoms with Gasteiger partial charge in [-0.25, -0.2) is 0 Å². The highest BCUT2D eigenvalue weighted by Gasteiger charge is 2.19. The molecule has 1 aromatic rings. The lowest BCUT2D eigenvalue weighted by molar-refractivity contribution is 0.0999. The Bertz CT molecular complexity index is 369. The van der Waals surface area contributed by atoms with Crippen LogP contribution in [0.1, 0.15) is 29.9 Å². The largest absolute Gasteiger partial charge is 0.396 e. The van der Waals surface area contributed by atoms with Crippen LogP contribution >= 0.6 is 0 Å². The van der Waals surface area contributed by atoms with E-state index in [0.717, 1.165) is 0 Å². The highest BCUT2D eigenvalue weighted by molar-refractivity contribution is 5.93. The average Bonchev–Trinajstić information content (AvgIpc) is 2.46. The zero-order valence-electron chi connectivity index (χ0n) is 9.32. The number of aliphatic hydroxyl groups is 1. The first kappa shape index (κ1) is 11.7. The predicted octanol–water partition coefficient (Wildman–Crippen LogP) is 0.309. The van der Waals surface area contributed by atoms with Gasteiger partial charge in [0.05, 0.1) is 11.3 Å². The molecule has 0 aliphatic heterocycles. The van der Waals surface area contributed by atoms with Crippen molar-refractivity contribution >= 4 is 5.91 Å². The fourth-order valence-corrected chi connectivity index (χ4v) is 1.33. The van der Waals surface area contributed by atoms with Gasteiger partial charge in [0.1, 0.15) is 0 Å². The summed E-state index contributed by atoms with van der Waals surface area (Å²) in [5.41, 5.74) is 5.98. The van der Waals surface area contributed by atoms with Crippen molar-refractivity contribution in [2.75, 3.05) is 6.61 Å². The molecule has 0 unspecified atom stereocenters. The number of aliphatic hydroxyl groups excluding tert-OH is 1. The van der Waals surface area contributed by atoms with Crippen molar-refractivity contribution in [3.8, 4) is 0 Å². The van der Waals surface area contributed by atoms with Gasteiger partial charge in [-0.1, -0.05) is 13.8 Å². The zero-order chi connectivity index (χ0) is 11.6. The van der Waals surface area contributed by atoms with Gasteiger partial charge < -0.3 is 10.8 Å². The predicted molar refractivity (Wildman–Crippen MR) is 56.3 cm³/mol. The summed E-state index contributed by atoms with van der Waals surface area (Å²) in [6, 6.07) is 0. The number of hydrogen-bond donors (Lipinski definition) is 2. The molecule has 5 heteroatoms. The molecule has 84 valence electrons. The second kappa shape index (κ2) is 4.02. The van der Waals surface area contributed by atoms with Crippen LogP contribution in [-0.4, -0.2) is 27.4 Å². The zero-order valence-corrected chi connectivity index (χ0v) is 9.32. The Kier molecular flexibility index (Phi) is 3.14. The van der Waals surface area contributed by atoms with E-state index < -0.39 is 5.91 Å². The van der Waals surface area contributed by atoms with E-state index in [-0.39, 0.29) is 12.0 Å². The van der Waals surface area contributed by atoms with Crippen LogP contribution in [0.2, 0.25) is 0 Å². The Morgan fingerprint density at radius 3 is 2.67 bits per heavy atom. The molecule has 0 aliphatic carbocycles. The first-order valence-electron chi connectivity index (χ1n) is 4.80. The van der Waals surface area contributed by atoms with Crippen molar-refractivity contribution in [2.24, 2.45) is 11.1 Å². The van der Waals surface area contributed by atoms with Gasteiger partial charge in [0.15, 0.2) is 0 Å². The van der Waals surface area contributed by atoms with Crippen LogP contribution in [0, 0.1) is 12.3 Å². The van der Waals surface area contributed by atoms with Crippen molar-refractivity contribution in [1.82, 2.24) is 9.78 Å². The van der Waals surface area contributed by atoms with Crippen molar-refractivity contribution < 1.29 is 9.90 Å². The molecule has 5 nitrogen and oxygen atoms in total. The first-order chi connectivity index (χ1) is 6.85. The van der Waals surface area contributed by atoms with Gasteiger partial charge in [0, 0.05) is 24.8 Å². The normalized spacial score (nSPS) is 11.7. The van der Waals surface area contributed by atoms with Gasteiger partial charge in [0.2, 0.25) is 0 Å². The Hall–Kier alpha value is -1.36. The maximum absolute atomic E-state index is 11.0. The van der Waals surface area contributed by atoms with E-state index >= 15 is 0 Å². The number of amides is 1. The first-order valence-corrected chi connectivity index (χ1v) is 4.80. The van der Waals surface area contributed by atoms with Gasteiger partial charge >= 0.3 is 0 Å². The minimum absolute atomic E-state index is 0.0673. The summed E-state index contributed by atoms with van der Waals surface area (Å²) in [6.07, 6.45) is 1.62. The molecule has 1 rings (SSSR count). The van der Waals surface area contributed by atoms with Gasteiger partial charge in [0.25, 0.3) is 5.91 Å². The van der Waals surface area contributed by atoms with Crippen LogP contribution in [0.25, 0.3) is 0 Å². The number of carbonyl (C=O) groups is 1. The number of hydrogen-bond acceptors (Lipinski definition) is 3. The van der Waals surface area contributed by atoms with Crippen LogP contribution in [0.15, 0.2) is 6.20 Å². The van der Waals surface area contributed by atoms with Crippen LogP contribution in [0.3, 0.4) is 0 Å². The quantitative estimate of drug-likeness (QED) is 0.752. The smallest absolute Gasteiger partial charge is 0.252 e. The minimum atomic E-state index is -0.472. The van der Waals surface area contributed by atoms with E-state index in [2.05, 4.69) is 5.10 Å². The van der Waals surface area contributed by atoms with E-state index in [0.29, 0.717) is 17.8 Å². The summed E-state index contributed by atoms with van der Waals surface area (Å²) in [4.78, 5) is 11.0. The summed E-state index contributed by atoms with van der Waals surface area (Å²) < 4.78 is 1.64. The molecule has 0 saturated carbocycles. The van der Waals surface area contributed by atoms with Gasteiger partial charge in [-0.3, -0.25) is 9.48 Å². The third-order valence-electron chi connectivity index (χ3n) is 2.23. The number of aryl methyl sites for hydroxylation is 1. The van der Waals surface area contributed by atoms with E-state index in [1.165, 1.54) is 0 Å². The third kappa shape index (κ3) is 2.79. The molecule has 0 aromatic carbocycles. The molecule has 0 fully saturated rings. The molecule has 1 aromatic heterocycles. The highest BCUT2D eigenvalue weighted by atomic mass is 16.3. The van der Waals surface area contributed by atoms with Crippen molar-refractivity contribution in [3.05, 3.63) is 17.5 Å². The Balaban J connectivity index is 2.89. The topological polar surface area (TPSA) is 81.1 Å². The summed E-state index contributed by atoms with van der Waals surface area (Å²) in [5.74, 6) is -0.472. The minimum Gasteiger partial charge on any atom is -0.396 e. The number of rotatable bonds is 4. The van der Waals surface area contributed by atoms with Crippen molar-refractivity contribution in [3.63, 3.8) is 0 Å². The maximum atomic E-state index is 11.0. The van der Waals surface area contributed by atoms with E-state index in [1.807, 2.05) is 13.8 Å². The number of aromatic nitrogens is 2. The molecular formula is C10H17N3O2. The fraction of sp³-hybridized carbons (Fsp3) is 0.600. The second-order valence-corrected chi connectivity index (χ2v) is 4.51. The molecule has 0 bridgehead atoms. The molecule has 0 aliphatic rings. The molecule has 15 heavy (non-hydrogen) atoms. The highest BCUT2D eigenvalue weighted by Crippen LogP contribution is 2.17. The Morgan fingerprint density at radius 2 is 2.27 bits per heavy atom. The van der Waals surface area contributed by atoms with Gasteiger partial charge in [-0.2, -0.15) is 5.10 Å². The fourth-order valence-electron chi connectivity index (χ4n) is 1.33. The van der Waals surface area contributed by atoms with Gasteiger partial charge in [-0.15, -0.1) is 0 Å². The number of primary amides is 1. The lowest BCUT2D eigenvalue weighted by atomic mass is 9.95. The standard InChI is InChI=1S/C10H17N3O2/c1-7-8(9(11)15)4-13(12-7)5-10(2,3)6-14/h4,14H,5-6H2,1-3H3,(H2,11,15). The third-order valence-corrected chi connectivity index (χ3v) is 2.23. The molecule has 0 radical (unpaired) electrons. The molecular weight excluding hydrogens is 194 g/mol. The molecule has 0 atom stereocenters. The summed E-state index contributed by atoms with van der Waals surface area (Å²) >= 11 is 0. The van der Waals surface area contributed by atoms with Crippen LogP contribution < -0.4 is 5.73 Å². The number of carbonyl (C=O) groups excluding carboxylic acids is 1. The molecule has 0 saturated heterocycles. The summed E-state index contributed by atoms with van der Waals surface area (Å²) in [6.45, 7) is 6.21. The lowest BCUT2D eigenvalue weighted by Gasteiger charge is -2.20. The Morgan fingerprint density at radius 1 is 1.67 bits per heavy atom. The van der Waals surface area contributed by atoms with E-state index in [4.69, 9.17) is 10.8 Å². The molecule has 0 spiro atoms. The summed E-state index contributed by atoms with van der Waals surface area (Å²) in [7, 11) is 0. The maximum Gasteiger partial charge on any atom is 0.252 e. The van der Waals surface area contributed by atoms with Crippen LogP contribution in [0.4, 0.5) is 0 Å². The van der Waals surface area contributed by atoms with E-state index in [9.17, 15) is 4.79 Å². The average molecular weight is 211 g/mol. The monoisotopic (exact) mass is 211 g/mol. The van der Waals surface area contributed by atoms with E-state index in [1.54, 1.807) is 17.8 Å². The van der Waals surface area contributed by atoms with Gasteiger partial charge in [-0.05, 0) is 6.92 Å².